The third-order valence-electron chi connectivity index (χ3n) is 4.54. The molecular weight excluding hydrogens is 330 g/mol. The minimum absolute atomic E-state index is 0.213. The maximum absolute atomic E-state index is 11.8. The van der Waals surface area contributed by atoms with Gasteiger partial charge in [0.25, 0.3) is 0 Å². The topological polar surface area (TPSA) is 44.4 Å². The van der Waals surface area contributed by atoms with E-state index >= 15 is 0 Å². The maximum Gasteiger partial charge on any atom is 0.227 e. The van der Waals surface area contributed by atoms with E-state index < -0.39 is 0 Å². The predicted octanol–water partition coefficient (Wildman–Crippen LogP) is 3.92. The summed E-state index contributed by atoms with van der Waals surface area (Å²) in [6.07, 6.45) is 1.60. The summed E-state index contributed by atoms with van der Waals surface area (Å²) in [6.45, 7) is 5.64. The monoisotopic (exact) mass is 353 g/mol. The van der Waals surface area contributed by atoms with Crippen molar-refractivity contribution in [1.82, 2.24) is 5.32 Å². The fourth-order valence-corrected chi connectivity index (χ4v) is 3.08. The van der Waals surface area contributed by atoms with E-state index in [1.54, 1.807) is 0 Å². The molecule has 1 aliphatic heterocycles. The van der Waals surface area contributed by atoms with Gasteiger partial charge in [-0.15, -0.1) is 0 Å². The molecule has 2 N–H and O–H groups in total. The molecule has 130 valence electrons. The Balaban J connectivity index is 1.53. The van der Waals surface area contributed by atoms with E-state index in [-0.39, 0.29) is 5.91 Å². The highest BCUT2D eigenvalue weighted by Gasteiger charge is 2.21. The zero-order valence-corrected chi connectivity index (χ0v) is 15.5. The summed E-state index contributed by atoms with van der Waals surface area (Å²) in [5.74, 6) is 0.213. The number of rotatable bonds is 4. The lowest BCUT2D eigenvalue weighted by Crippen LogP contribution is -2.28. The van der Waals surface area contributed by atoms with Crippen LogP contribution >= 0.6 is 12.2 Å². The quantitative estimate of drug-likeness (QED) is 0.818. The second kappa shape index (κ2) is 7.66. The Kier molecular flexibility index (Phi) is 5.34. The fraction of sp³-hybridized carbons (Fsp3) is 0.300. The van der Waals surface area contributed by atoms with E-state index in [2.05, 4.69) is 36.6 Å². The summed E-state index contributed by atoms with van der Waals surface area (Å²) in [5.41, 5.74) is 5.59. The van der Waals surface area contributed by atoms with Crippen LogP contribution in [0.1, 0.15) is 29.5 Å². The van der Waals surface area contributed by atoms with Gasteiger partial charge in [-0.1, -0.05) is 18.2 Å². The first-order valence-electron chi connectivity index (χ1n) is 8.54. The van der Waals surface area contributed by atoms with Crippen LogP contribution in [0.15, 0.2) is 42.5 Å². The zero-order valence-electron chi connectivity index (χ0n) is 14.6. The highest BCUT2D eigenvalue weighted by atomic mass is 32.1. The lowest BCUT2D eigenvalue weighted by atomic mass is 10.1. The number of aryl methyl sites for hydroxylation is 2. The highest BCUT2D eigenvalue weighted by molar-refractivity contribution is 7.80. The number of nitrogens with zero attached hydrogens (tertiary/aromatic N) is 1. The van der Waals surface area contributed by atoms with Gasteiger partial charge in [-0.25, -0.2) is 0 Å². The second-order valence-electron chi connectivity index (χ2n) is 6.42. The van der Waals surface area contributed by atoms with E-state index in [9.17, 15) is 4.79 Å². The number of amides is 1. The summed E-state index contributed by atoms with van der Waals surface area (Å²) < 4.78 is 0. The third-order valence-corrected chi connectivity index (χ3v) is 4.79. The Hall–Kier alpha value is -2.40. The molecule has 5 heteroatoms. The van der Waals surface area contributed by atoms with Crippen molar-refractivity contribution in [2.45, 2.75) is 33.2 Å². The number of carbonyl (C=O) groups is 1. The van der Waals surface area contributed by atoms with Crippen LogP contribution in [0.2, 0.25) is 0 Å². The molecule has 0 atom stereocenters. The Bertz CT molecular complexity index is 786. The first-order chi connectivity index (χ1) is 12.0. The van der Waals surface area contributed by atoms with Crippen molar-refractivity contribution in [1.29, 1.82) is 0 Å². The highest BCUT2D eigenvalue weighted by Crippen LogP contribution is 2.21. The van der Waals surface area contributed by atoms with Gasteiger partial charge in [0.2, 0.25) is 5.91 Å². The molecule has 25 heavy (non-hydrogen) atoms. The van der Waals surface area contributed by atoms with Crippen LogP contribution in [0.4, 0.5) is 11.4 Å². The van der Waals surface area contributed by atoms with E-state index in [0.717, 1.165) is 29.9 Å². The molecule has 2 aromatic rings. The lowest BCUT2D eigenvalue weighted by Gasteiger charge is -2.16. The Morgan fingerprint density at radius 2 is 1.88 bits per heavy atom. The summed E-state index contributed by atoms with van der Waals surface area (Å²) in [7, 11) is 0. The number of anilines is 2. The van der Waals surface area contributed by atoms with Crippen molar-refractivity contribution >= 4 is 34.6 Å². The van der Waals surface area contributed by atoms with Crippen LogP contribution in [0, 0.1) is 13.8 Å². The molecule has 3 rings (SSSR count). The molecule has 0 unspecified atom stereocenters. The van der Waals surface area contributed by atoms with Crippen molar-refractivity contribution in [2.24, 2.45) is 0 Å². The summed E-state index contributed by atoms with van der Waals surface area (Å²) >= 11 is 5.36. The van der Waals surface area contributed by atoms with Crippen LogP contribution in [0.25, 0.3) is 0 Å². The normalized spacial score (nSPS) is 13.8. The van der Waals surface area contributed by atoms with E-state index in [1.807, 2.05) is 35.2 Å². The van der Waals surface area contributed by atoms with Crippen LogP contribution < -0.4 is 15.5 Å². The SMILES string of the molecule is Cc1ccc(NC(=S)NCc2ccc(N3CCCC3=O)cc2)cc1C. The van der Waals surface area contributed by atoms with Crippen molar-refractivity contribution in [3.8, 4) is 0 Å². The van der Waals surface area contributed by atoms with Gasteiger partial charge in [0.15, 0.2) is 5.11 Å². The summed E-state index contributed by atoms with van der Waals surface area (Å²) in [4.78, 5) is 13.6. The minimum Gasteiger partial charge on any atom is -0.358 e. The number of hydrogen-bond acceptors (Lipinski definition) is 2. The smallest absolute Gasteiger partial charge is 0.227 e. The standard InChI is InChI=1S/C20H23N3OS/c1-14-5-8-17(12-15(14)2)22-20(25)21-13-16-6-9-18(10-7-16)23-11-3-4-19(23)24/h5-10,12H,3-4,11,13H2,1-2H3,(H2,21,22,25). The third kappa shape index (κ3) is 4.37. The molecular formula is C20H23N3OS. The minimum atomic E-state index is 0.213. The predicted molar refractivity (Wildman–Crippen MR) is 107 cm³/mol. The van der Waals surface area contributed by atoms with Gasteiger partial charge in [-0.05, 0) is 73.4 Å². The van der Waals surface area contributed by atoms with Gasteiger partial charge in [0.05, 0.1) is 0 Å². The Morgan fingerprint density at radius 3 is 2.52 bits per heavy atom. The van der Waals surface area contributed by atoms with Crippen molar-refractivity contribution in [3.63, 3.8) is 0 Å². The summed E-state index contributed by atoms with van der Waals surface area (Å²) in [6, 6.07) is 14.3. The number of nitrogens with one attached hydrogen (secondary N) is 2. The number of thiocarbonyl (C=S) groups is 1. The van der Waals surface area contributed by atoms with Crippen LogP contribution in [-0.2, 0) is 11.3 Å². The molecule has 0 aromatic heterocycles. The number of hydrogen-bond donors (Lipinski definition) is 2. The molecule has 1 heterocycles. The molecule has 2 aromatic carbocycles. The first-order valence-corrected chi connectivity index (χ1v) is 8.95. The molecule has 0 aliphatic carbocycles. The Labute approximate surface area is 154 Å². The van der Waals surface area contributed by atoms with Crippen LogP contribution in [-0.4, -0.2) is 17.6 Å². The average Bonchev–Trinajstić information content (AvgIpc) is 3.03. The van der Waals surface area contributed by atoms with Gasteiger partial charge >= 0.3 is 0 Å². The number of benzene rings is 2. The molecule has 1 amide bonds. The largest absolute Gasteiger partial charge is 0.358 e. The van der Waals surface area contributed by atoms with Gasteiger partial charge in [-0.3, -0.25) is 4.79 Å². The molecule has 0 radical (unpaired) electrons. The maximum atomic E-state index is 11.8. The molecule has 1 aliphatic rings. The molecule has 4 nitrogen and oxygen atoms in total. The van der Waals surface area contributed by atoms with E-state index in [0.29, 0.717) is 18.1 Å². The van der Waals surface area contributed by atoms with Gasteiger partial charge in [0, 0.05) is 30.9 Å². The average molecular weight is 353 g/mol. The Morgan fingerprint density at radius 1 is 1.12 bits per heavy atom. The van der Waals surface area contributed by atoms with Crippen LogP contribution in [0.3, 0.4) is 0 Å². The van der Waals surface area contributed by atoms with Crippen molar-refractivity contribution in [3.05, 3.63) is 59.2 Å². The van der Waals surface area contributed by atoms with Gasteiger partial charge < -0.3 is 15.5 Å². The van der Waals surface area contributed by atoms with E-state index in [1.165, 1.54) is 11.1 Å². The molecule has 0 bridgehead atoms. The van der Waals surface area contributed by atoms with Crippen molar-refractivity contribution < 1.29 is 4.79 Å². The lowest BCUT2D eigenvalue weighted by molar-refractivity contribution is -0.117. The summed E-state index contributed by atoms with van der Waals surface area (Å²) in [5, 5.41) is 7.03. The molecule has 1 saturated heterocycles. The number of carbonyl (C=O) groups excluding carboxylic acids is 1. The van der Waals surface area contributed by atoms with E-state index in [4.69, 9.17) is 12.2 Å². The first kappa shape index (κ1) is 17.4. The zero-order chi connectivity index (χ0) is 17.8. The fourth-order valence-electron chi connectivity index (χ4n) is 2.89. The second-order valence-corrected chi connectivity index (χ2v) is 6.83. The van der Waals surface area contributed by atoms with Crippen molar-refractivity contribution in [2.75, 3.05) is 16.8 Å². The molecule has 0 spiro atoms. The molecule has 1 fully saturated rings. The van der Waals surface area contributed by atoms with Gasteiger partial charge in [0.1, 0.15) is 0 Å². The molecule has 0 saturated carbocycles. The van der Waals surface area contributed by atoms with Gasteiger partial charge in [-0.2, -0.15) is 0 Å². The van der Waals surface area contributed by atoms with Crippen LogP contribution in [0.5, 0.6) is 0 Å².